The van der Waals surface area contributed by atoms with E-state index >= 15 is 0 Å². The van der Waals surface area contributed by atoms with Crippen molar-refractivity contribution >= 4 is 17.2 Å². The van der Waals surface area contributed by atoms with Crippen LogP contribution in [0.2, 0.25) is 0 Å². The monoisotopic (exact) mass is 262 g/mol. The average molecular weight is 262 g/mol. The molecule has 4 nitrogen and oxygen atoms in total. The van der Waals surface area contributed by atoms with E-state index in [1.54, 1.807) is 11.3 Å². The van der Waals surface area contributed by atoms with Crippen molar-refractivity contribution in [2.75, 3.05) is 11.9 Å². The predicted molar refractivity (Wildman–Crippen MR) is 75.2 cm³/mol. The highest BCUT2D eigenvalue weighted by molar-refractivity contribution is 7.09. The van der Waals surface area contributed by atoms with E-state index in [4.69, 9.17) is 0 Å². The smallest absolute Gasteiger partial charge is 0.132 e. The molecule has 0 aliphatic heterocycles. The fraction of sp³-hybridized carbons (Fsp3) is 0.462. The summed E-state index contributed by atoms with van der Waals surface area (Å²) in [7, 11) is 0. The van der Waals surface area contributed by atoms with Gasteiger partial charge in [-0.2, -0.15) is 0 Å². The molecular formula is C13H18N4S. The molecule has 0 unspecified atom stereocenters. The highest BCUT2D eigenvalue weighted by Crippen LogP contribution is 2.19. The van der Waals surface area contributed by atoms with Crippen LogP contribution in [0.5, 0.6) is 0 Å². The molecule has 2 heterocycles. The summed E-state index contributed by atoms with van der Waals surface area (Å²) in [5.41, 5.74) is 2.21. The molecule has 0 aliphatic rings. The first-order valence-electron chi connectivity index (χ1n) is 6.23. The first kappa shape index (κ1) is 13.0. The molecule has 0 radical (unpaired) electrons. The molecule has 0 saturated carbocycles. The van der Waals surface area contributed by atoms with Crippen LogP contribution in [0.3, 0.4) is 0 Å². The summed E-state index contributed by atoms with van der Waals surface area (Å²) in [6.07, 6.45) is 3.48. The summed E-state index contributed by atoms with van der Waals surface area (Å²) in [5, 5.41) is 6.40. The minimum absolute atomic E-state index is 0.789. The Hall–Kier alpha value is -1.49. The molecule has 0 amide bonds. The van der Waals surface area contributed by atoms with Gasteiger partial charge in [0.15, 0.2) is 0 Å². The zero-order valence-electron chi connectivity index (χ0n) is 11.0. The maximum atomic E-state index is 4.62. The number of rotatable bonds is 5. The molecule has 0 aromatic carbocycles. The van der Waals surface area contributed by atoms with Crippen molar-refractivity contribution in [3.63, 3.8) is 0 Å². The predicted octanol–water partition coefficient (Wildman–Crippen LogP) is 2.83. The number of hydrogen-bond donors (Lipinski definition) is 1. The molecule has 2 rings (SSSR count). The van der Waals surface area contributed by atoms with Gasteiger partial charge in [-0.1, -0.05) is 6.92 Å². The molecule has 0 atom stereocenters. The zero-order chi connectivity index (χ0) is 13.0. The fourth-order valence-corrected chi connectivity index (χ4v) is 2.39. The average Bonchev–Trinajstić information content (AvgIpc) is 2.87. The van der Waals surface area contributed by atoms with Crippen molar-refractivity contribution in [3.8, 4) is 0 Å². The second-order valence-electron chi connectivity index (χ2n) is 4.05. The minimum Gasteiger partial charge on any atom is -0.370 e. The number of nitrogens with zero attached hydrogens (tertiary/aromatic N) is 3. The first-order valence-corrected chi connectivity index (χ1v) is 7.11. The van der Waals surface area contributed by atoms with Crippen LogP contribution in [-0.4, -0.2) is 21.5 Å². The third-order valence-corrected chi connectivity index (χ3v) is 3.54. The molecule has 0 saturated heterocycles. The summed E-state index contributed by atoms with van der Waals surface area (Å²) < 4.78 is 0. The van der Waals surface area contributed by atoms with Gasteiger partial charge in [0.1, 0.15) is 11.6 Å². The normalized spacial score (nSPS) is 10.6. The van der Waals surface area contributed by atoms with Gasteiger partial charge in [-0.05, 0) is 13.8 Å². The summed E-state index contributed by atoms with van der Waals surface area (Å²) in [6.45, 7) is 7.10. The van der Waals surface area contributed by atoms with Crippen molar-refractivity contribution in [1.29, 1.82) is 0 Å². The lowest BCUT2D eigenvalue weighted by atomic mass is 10.1. The third kappa shape index (κ3) is 2.85. The number of nitrogens with one attached hydrogen (secondary N) is 1. The van der Waals surface area contributed by atoms with Gasteiger partial charge in [-0.25, -0.2) is 15.0 Å². The highest BCUT2D eigenvalue weighted by Gasteiger charge is 2.11. The molecule has 18 heavy (non-hydrogen) atoms. The number of thiazole rings is 1. The molecule has 96 valence electrons. The van der Waals surface area contributed by atoms with E-state index in [0.29, 0.717) is 0 Å². The van der Waals surface area contributed by atoms with Crippen molar-refractivity contribution in [2.45, 2.75) is 33.6 Å². The summed E-state index contributed by atoms with van der Waals surface area (Å²) >= 11 is 1.67. The molecule has 0 fully saturated rings. The topological polar surface area (TPSA) is 50.7 Å². The molecular weight excluding hydrogens is 244 g/mol. The standard InChI is InChI=1S/C13H18N4S/c1-4-11-16-10(8-12-15-6-7-18-12)9(3)13(17-11)14-5-2/h6-7H,4-5,8H2,1-3H3,(H,14,16,17). The van der Waals surface area contributed by atoms with Crippen LogP contribution in [0.15, 0.2) is 11.6 Å². The Balaban J connectivity index is 2.35. The van der Waals surface area contributed by atoms with E-state index in [1.165, 1.54) is 0 Å². The number of anilines is 1. The summed E-state index contributed by atoms with van der Waals surface area (Å²) in [4.78, 5) is 13.5. The molecule has 0 spiro atoms. The van der Waals surface area contributed by atoms with Crippen LogP contribution in [0, 0.1) is 6.92 Å². The molecule has 0 bridgehead atoms. The van der Waals surface area contributed by atoms with Gasteiger partial charge >= 0.3 is 0 Å². The fourth-order valence-electron chi connectivity index (χ4n) is 1.77. The maximum Gasteiger partial charge on any atom is 0.132 e. The van der Waals surface area contributed by atoms with Gasteiger partial charge in [-0.15, -0.1) is 11.3 Å². The lowest BCUT2D eigenvalue weighted by Crippen LogP contribution is -2.09. The van der Waals surface area contributed by atoms with Gasteiger partial charge in [-0.3, -0.25) is 0 Å². The molecule has 2 aromatic heterocycles. The Morgan fingerprint density at radius 1 is 1.28 bits per heavy atom. The van der Waals surface area contributed by atoms with Crippen LogP contribution < -0.4 is 5.32 Å². The van der Waals surface area contributed by atoms with E-state index in [0.717, 1.165) is 47.3 Å². The van der Waals surface area contributed by atoms with Crippen LogP contribution in [0.4, 0.5) is 5.82 Å². The molecule has 1 N–H and O–H groups in total. The molecule has 0 aliphatic carbocycles. The van der Waals surface area contributed by atoms with Gasteiger partial charge in [0.2, 0.25) is 0 Å². The van der Waals surface area contributed by atoms with Crippen LogP contribution in [0.1, 0.15) is 35.9 Å². The lowest BCUT2D eigenvalue weighted by Gasteiger charge is -2.12. The first-order chi connectivity index (χ1) is 8.74. The van der Waals surface area contributed by atoms with E-state index in [9.17, 15) is 0 Å². The highest BCUT2D eigenvalue weighted by atomic mass is 32.1. The SMILES string of the molecule is CCNc1nc(CC)nc(Cc2nccs2)c1C. The quantitative estimate of drug-likeness (QED) is 0.900. The molecule has 2 aromatic rings. The minimum atomic E-state index is 0.789. The van der Waals surface area contributed by atoms with Crippen molar-refractivity contribution < 1.29 is 0 Å². The largest absolute Gasteiger partial charge is 0.370 e. The summed E-state index contributed by atoms with van der Waals surface area (Å²) in [5.74, 6) is 1.85. The molecule has 5 heteroatoms. The van der Waals surface area contributed by atoms with Gasteiger partial charge in [0.25, 0.3) is 0 Å². The van der Waals surface area contributed by atoms with Crippen molar-refractivity contribution in [1.82, 2.24) is 15.0 Å². The third-order valence-electron chi connectivity index (χ3n) is 2.76. The Kier molecular flexibility index (Phi) is 4.25. The maximum absolute atomic E-state index is 4.62. The van der Waals surface area contributed by atoms with Crippen molar-refractivity contribution in [3.05, 3.63) is 33.7 Å². The van der Waals surface area contributed by atoms with E-state index in [2.05, 4.69) is 41.0 Å². The van der Waals surface area contributed by atoms with Crippen LogP contribution >= 0.6 is 11.3 Å². The number of aromatic nitrogens is 3. The Morgan fingerprint density at radius 2 is 2.11 bits per heavy atom. The lowest BCUT2D eigenvalue weighted by molar-refractivity contribution is 0.879. The van der Waals surface area contributed by atoms with Crippen LogP contribution in [0.25, 0.3) is 0 Å². The van der Waals surface area contributed by atoms with Gasteiger partial charge in [0, 0.05) is 36.5 Å². The number of hydrogen-bond acceptors (Lipinski definition) is 5. The second-order valence-corrected chi connectivity index (χ2v) is 5.03. The van der Waals surface area contributed by atoms with Crippen molar-refractivity contribution in [2.24, 2.45) is 0 Å². The van der Waals surface area contributed by atoms with Gasteiger partial charge in [0.05, 0.1) is 10.7 Å². The Morgan fingerprint density at radius 3 is 2.72 bits per heavy atom. The second kappa shape index (κ2) is 5.91. The van der Waals surface area contributed by atoms with Gasteiger partial charge < -0.3 is 5.32 Å². The van der Waals surface area contributed by atoms with E-state index < -0.39 is 0 Å². The zero-order valence-corrected chi connectivity index (χ0v) is 11.8. The Labute approximate surface area is 112 Å². The Bertz CT molecular complexity index is 508. The number of aryl methyl sites for hydroxylation is 1. The van der Waals surface area contributed by atoms with Crippen LogP contribution in [-0.2, 0) is 12.8 Å². The van der Waals surface area contributed by atoms with E-state index in [1.807, 2.05) is 11.6 Å². The van der Waals surface area contributed by atoms with E-state index in [-0.39, 0.29) is 0 Å². The summed E-state index contributed by atoms with van der Waals surface area (Å²) in [6, 6.07) is 0.